The molecule has 1 fully saturated rings. The van der Waals surface area contributed by atoms with Crippen LogP contribution in [-0.4, -0.2) is 38.4 Å². The van der Waals surface area contributed by atoms with Gasteiger partial charge in [0.1, 0.15) is 11.5 Å². The molecule has 122 valence electrons. The maximum Gasteiger partial charge on any atom is 0.309 e. The molecule has 1 heterocycles. The molecule has 0 saturated carbocycles. The van der Waals surface area contributed by atoms with Crippen molar-refractivity contribution in [1.29, 1.82) is 0 Å². The van der Waals surface area contributed by atoms with E-state index in [4.69, 9.17) is 9.47 Å². The van der Waals surface area contributed by atoms with Crippen LogP contribution >= 0.6 is 0 Å². The van der Waals surface area contributed by atoms with E-state index in [0.717, 1.165) is 35.8 Å². The zero-order valence-electron chi connectivity index (χ0n) is 13.8. The highest BCUT2D eigenvalue weighted by molar-refractivity contribution is 5.74. The Labute approximate surface area is 131 Å². The van der Waals surface area contributed by atoms with Crippen LogP contribution in [0.3, 0.4) is 0 Å². The van der Waals surface area contributed by atoms with Crippen molar-refractivity contribution in [2.24, 2.45) is 5.41 Å². The van der Waals surface area contributed by atoms with Crippen LogP contribution in [0.1, 0.15) is 32.3 Å². The van der Waals surface area contributed by atoms with E-state index in [0.29, 0.717) is 6.42 Å². The molecule has 0 spiro atoms. The van der Waals surface area contributed by atoms with Crippen LogP contribution in [0.5, 0.6) is 11.5 Å². The number of rotatable bonds is 6. The SMILES string of the molecule is COc1cc(N2CCCC2)c(OC)cc1CC(C)(C)C(=O)O. The molecule has 0 atom stereocenters. The molecule has 1 aliphatic rings. The van der Waals surface area contributed by atoms with Gasteiger partial charge in [0.05, 0.1) is 25.3 Å². The number of carboxylic acids is 1. The Hall–Kier alpha value is -1.91. The van der Waals surface area contributed by atoms with E-state index in [1.54, 1.807) is 28.1 Å². The van der Waals surface area contributed by atoms with Crippen LogP contribution in [0, 0.1) is 5.41 Å². The molecule has 2 rings (SSSR count). The van der Waals surface area contributed by atoms with Crippen molar-refractivity contribution >= 4 is 11.7 Å². The summed E-state index contributed by atoms with van der Waals surface area (Å²) < 4.78 is 11.0. The summed E-state index contributed by atoms with van der Waals surface area (Å²) in [6, 6.07) is 3.88. The summed E-state index contributed by atoms with van der Waals surface area (Å²) >= 11 is 0. The molecule has 1 aromatic carbocycles. The number of hydrogen-bond donors (Lipinski definition) is 1. The molecule has 5 heteroatoms. The number of methoxy groups -OCH3 is 2. The predicted octanol–water partition coefficient (Wildman–Crippen LogP) is 2.96. The van der Waals surface area contributed by atoms with Crippen LogP contribution < -0.4 is 14.4 Å². The molecule has 0 unspecified atom stereocenters. The van der Waals surface area contributed by atoms with E-state index in [1.165, 1.54) is 12.8 Å². The second kappa shape index (κ2) is 6.46. The Morgan fingerprint density at radius 1 is 1.18 bits per heavy atom. The third kappa shape index (κ3) is 3.29. The van der Waals surface area contributed by atoms with Crippen LogP contribution in [0.2, 0.25) is 0 Å². The number of hydrogen-bond acceptors (Lipinski definition) is 4. The van der Waals surface area contributed by atoms with Gasteiger partial charge in [-0.3, -0.25) is 4.79 Å². The van der Waals surface area contributed by atoms with Crippen molar-refractivity contribution in [3.8, 4) is 11.5 Å². The van der Waals surface area contributed by atoms with E-state index in [1.807, 2.05) is 12.1 Å². The number of aliphatic carboxylic acids is 1. The monoisotopic (exact) mass is 307 g/mol. The fourth-order valence-corrected chi connectivity index (χ4v) is 2.84. The molecule has 1 aliphatic heterocycles. The van der Waals surface area contributed by atoms with Crippen molar-refractivity contribution < 1.29 is 19.4 Å². The second-order valence-electron chi connectivity index (χ2n) is 6.40. The summed E-state index contributed by atoms with van der Waals surface area (Å²) in [5.74, 6) is 0.674. The molecule has 5 nitrogen and oxygen atoms in total. The maximum absolute atomic E-state index is 11.4. The normalized spacial score (nSPS) is 15.0. The molecular weight excluding hydrogens is 282 g/mol. The predicted molar refractivity (Wildman–Crippen MR) is 86.1 cm³/mol. The summed E-state index contributed by atoms with van der Waals surface area (Å²) in [6.07, 6.45) is 2.75. The van der Waals surface area contributed by atoms with Gasteiger partial charge in [-0.2, -0.15) is 0 Å². The third-order valence-corrected chi connectivity index (χ3v) is 4.24. The first-order valence-corrected chi connectivity index (χ1v) is 7.62. The topological polar surface area (TPSA) is 59.0 Å². The average Bonchev–Trinajstić information content (AvgIpc) is 3.00. The quantitative estimate of drug-likeness (QED) is 0.875. The van der Waals surface area contributed by atoms with Crippen LogP contribution in [0.15, 0.2) is 12.1 Å². The van der Waals surface area contributed by atoms with Gasteiger partial charge in [0, 0.05) is 19.2 Å². The minimum absolute atomic E-state index is 0.391. The van der Waals surface area contributed by atoms with Gasteiger partial charge in [-0.25, -0.2) is 0 Å². The van der Waals surface area contributed by atoms with Crippen molar-refractivity contribution in [2.45, 2.75) is 33.1 Å². The standard InChI is InChI=1S/C17H25NO4/c1-17(2,16(19)20)11-12-9-15(22-4)13(10-14(12)21-3)18-7-5-6-8-18/h9-10H,5-8,11H2,1-4H3,(H,19,20). The number of carboxylic acid groups (broad SMARTS) is 1. The number of benzene rings is 1. The lowest BCUT2D eigenvalue weighted by Crippen LogP contribution is -2.26. The van der Waals surface area contributed by atoms with Crippen LogP contribution in [0.4, 0.5) is 5.69 Å². The van der Waals surface area contributed by atoms with E-state index in [2.05, 4.69) is 4.90 Å². The number of anilines is 1. The highest BCUT2D eigenvalue weighted by atomic mass is 16.5. The first-order valence-electron chi connectivity index (χ1n) is 7.62. The van der Waals surface area contributed by atoms with Gasteiger partial charge in [-0.15, -0.1) is 0 Å². The molecule has 1 saturated heterocycles. The minimum atomic E-state index is -0.854. The van der Waals surface area contributed by atoms with Crippen molar-refractivity contribution in [3.63, 3.8) is 0 Å². The molecule has 0 bridgehead atoms. The Morgan fingerprint density at radius 3 is 2.27 bits per heavy atom. The summed E-state index contributed by atoms with van der Waals surface area (Å²) in [5.41, 5.74) is 1.02. The summed E-state index contributed by atoms with van der Waals surface area (Å²) in [4.78, 5) is 13.7. The molecule has 22 heavy (non-hydrogen) atoms. The molecule has 0 aliphatic carbocycles. The summed E-state index contributed by atoms with van der Waals surface area (Å²) in [7, 11) is 3.26. The zero-order valence-corrected chi connectivity index (χ0v) is 13.8. The summed E-state index contributed by atoms with van der Waals surface area (Å²) in [6.45, 7) is 5.46. The summed E-state index contributed by atoms with van der Waals surface area (Å²) in [5, 5.41) is 9.34. The number of ether oxygens (including phenoxy) is 2. The van der Waals surface area contributed by atoms with Crippen LogP contribution in [-0.2, 0) is 11.2 Å². The Balaban J connectivity index is 2.40. The van der Waals surface area contributed by atoms with E-state index < -0.39 is 11.4 Å². The number of carbonyl (C=O) groups is 1. The van der Waals surface area contributed by atoms with Crippen molar-refractivity contribution in [1.82, 2.24) is 0 Å². The second-order valence-corrected chi connectivity index (χ2v) is 6.40. The van der Waals surface area contributed by atoms with Gasteiger partial charge in [0.15, 0.2) is 0 Å². The van der Waals surface area contributed by atoms with E-state index >= 15 is 0 Å². The lowest BCUT2D eigenvalue weighted by molar-refractivity contribution is -0.146. The first-order chi connectivity index (χ1) is 10.4. The number of nitrogens with zero attached hydrogens (tertiary/aromatic N) is 1. The molecule has 0 radical (unpaired) electrons. The lowest BCUT2D eigenvalue weighted by atomic mass is 9.85. The van der Waals surface area contributed by atoms with Gasteiger partial charge < -0.3 is 19.5 Å². The third-order valence-electron chi connectivity index (χ3n) is 4.24. The molecule has 0 amide bonds. The molecule has 1 aromatic rings. The zero-order chi connectivity index (χ0) is 16.3. The fraction of sp³-hybridized carbons (Fsp3) is 0.588. The average molecular weight is 307 g/mol. The van der Waals surface area contributed by atoms with Gasteiger partial charge in [0.2, 0.25) is 0 Å². The molecule has 1 N–H and O–H groups in total. The van der Waals surface area contributed by atoms with E-state index in [9.17, 15) is 9.90 Å². The van der Waals surface area contributed by atoms with Crippen LogP contribution in [0.25, 0.3) is 0 Å². The smallest absolute Gasteiger partial charge is 0.309 e. The van der Waals surface area contributed by atoms with Crippen molar-refractivity contribution in [3.05, 3.63) is 17.7 Å². The van der Waals surface area contributed by atoms with Crippen molar-refractivity contribution in [2.75, 3.05) is 32.2 Å². The van der Waals surface area contributed by atoms with E-state index in [-0.39, 0.29) is 0 Å². The largest absolute Gasteiger partial charge is 0.496 e. The van der Waals surface area contributed by atoms with Gasteiger partial charge >= 0.3 is 5.97 Å². The highest BCUT2D eigenvalue weighted by Crippen LogP contribution is 2.39. The van der Waals surface area contributed by atoms with Gasteiger partial charge in [-0.05, 0) is 44.7 Å². The van der Waals surface area contributed by atoms with Gasteiger partial charge in [-0.1, -0.05) is 0 Å². The maximum atomic E-state index is 11.4. The fourth-order valence-electron chi connectivity index (χ4n) is 2.84. The van der Waals surface area contributed by atoms with Gasteiger partial charge in [0.25, 0.3) is 0 Å². The first kappa shape index (κ1) is 16.5. The Bertz CT molecular complexity index is 548. The molecule has 0 aromatic heterocycles. The Kier molecular flexibility index (Phi) is 4.84. The molecular formula is C17H25NO4. The lowest BCUT2D eigenvalue weighted by Gasteiger charge is -2.25. The Morgan fingerprint density at radius 2 is 1.77 bits per heavy atom. The highest BCUT2D eigenvalue weighted by Gasteiger charge is 2.30. The minimum Gasteiger partial charge on any atom is -0.496 e.